The predicted octanol–water partition coefficient (Wildman–Crippen LogP) is 13.9. The average Bonchev–Trinajstić information content (AvgIpc) is 3.06. The Morgan fingerprint density at radius 1 is 0.578 bits per heavy atom. The van der Waals surface area contributed by atoms with Crippen molar-refractivity contribution in [1.82, 2.24) is 0 Å². The third-order valence-corrected chi connectivity index (χ3v) is 9.26. The molecule has 0 saturated heterocycles. The summed E-state index contributed by atoms with van der Waals surface area (Å²) in [6.45, 7) is 13.7. The Kier molecular flexibility index (Phi) is 17.0. The Balaban J connectivity index is 1.98. The Morgan fingerprint density at radius 2 is 1.20 bits per heavy atom. The second-order valence-electron chi connectivity index (χ2n) is 13.1. The van der Waals surface area contributed by atoms with Gasteiger partial charge in [0.25, 0.3) is 0 Å². The highest BCUT2D eigenvalue weighted by Crippen LogP contribution is 2.34. The van der Waals surface area contributed by atoms with E-state index in [1.54, 1.807) is 11.1 Å². The number of rotatable bonds is 21. The van der Waals surface area contributed by atoms with Crippen LogP contribution in [0.5, 0.6) is 0 Å². The zero-order chi connectivity index (χ0) is 32.3. The maximum absolute atomic E-state index is 5.37. The predicted molar refractivity (Wildman–Crippen MR) is 202 cm³/mol. The molecule has 0 aliphatic carbocycles. The molecule has 3 rings (SSSR count). The van der Waals surface area contributed by atoms with E-state index >= 15 is 0 Å². The number of hydrogen-bond donors (Lipinski definition) is 0. The maximum atomic E-state index is 5.37. The Hall–Kier alpha value is -2.93. The van der Waals surface area contributed by atoms with Gasteiger partial charge in [0.1, 0.15) is 0 Å². The molecule has 45 heavy (non-hydrogen) atoms. The zero-order valence-electron chi connectivity index (χ0n) is 29.8. The molecule has 0 aliphatic heterocycles. The van der Waals surface area contributed by atoms with Crippen molar-refractivity contribution in [1.29, 1.82) is 0 Å². The molecule has 0 radical (unpaired) electrons. The lowest BCUT2D eigenvalue weighted by molar-refractivity contribution is 0.650. The van der Waals surface area contributed by atoms with Crippen LogP contribution in [0.2, 0.25) is 0 Å². The largest absolute Gasteiger partial charge is 0.253 e. The van der Waals surface area contributed by atoms with Gasteiger partial charge in [0, 0.05) is 5.71 Å². The van der Waals surface area contributed by atoms with Crippen molar-refractivity contribution in [2.75, 3.05) is 0 Å². The van der Waals surface area contributed by atoms with E-state index in [0.29, 0.717) is 0 Å². The third kappa shape index (κ3) is 12.1. The van der Waals surface area contributed by atoms with E-state index in [-0.39, 0.29) is 0 Å². The van der Waals surface area contributed by atoms with E-state index in [0.717, 1.165) is 24.9 Å². The van der Waals surface area contributed by atoms with Crippen molar-refractivity contribution in [2.45, 2.75) is 151 Å². The van der Waals surface area contributed by atoms with Crippen LogP contribution in [0, 0.1) is 0 Å². The Bertz CT molecular complexity index is 1330. The molecule has 3 aromatic carbocycles. The van der Waals surface area contributed by atoms with Gasteiger partial charge in [-0.3, -0.25) is 4.99 Å². The summed E-state index contributed by atoms with van der Waals surface area (Å²) < 4.78 is 0. The number of unbranched alkanes of at least 4 members (excludes halogenated alkanes) is 8. The molecule has 1 nitrogen and oxygen atoms in total. The molecule has 0 fully saturated rings. The summed E-state index contributed by atoms with van der Waals surface area (Å²) in [6, 6.07) is 23.0. The van der Waals surface area contributed by atoms with Gasteiger partial charge in [-0.15, -0.1) is 0 Å². The first-order valence-electron chi connectivity index (χ1n) is 18.6. The fourth-order valence-corrected chi connectivity index (χ4v) is 6.53. The highest BCUT2D eigenvalue weighted by molar-refractivity contribution is 6.04. The maximum Gasteiger partial charge on any atom is 0.0642 e. The minimum absolute atomic E-state index is 0.921. The molecule has 0 bridgehead atoms. The van der Waals surface area contributed by atoms with Gasteiger partial charge < -0.3 is 0 Å². The summed E-state index contributed by atoms with van der Waals surface area (Å²) in [4.78, 5) is 5.37. The van der Waals surface area contributed by atoms with Crippen LogP contribution in [0.15, 0.2) is 71.2 Å². The van der Waals surface area contributed by atoms with Gasteiger partial charge in [-0.1, -0.05) is 141 Å². The van der Waals surface area contributed by atoms with Crippen molar-refractivity contribution < 1.29 is 0 Å². The highest BCUT2D eigenvalue weighted by atomic mass is 14.7. The minimum Gasteiger partial charge on any atom is -0.253 e. The third-order valence-electron chi connectivity index (χ3n) is 9.26. The standard InChI is InChI=1S/C44H63N/c1-7-12-16-19-24-37-30-29-36(32-39(37)27-20-17-13-8-2)31-35(6)44(11-5)45-41-33-40(23-14-9-3)42(28-15-10-4)43(34-41)38-25-21-18-22-26-38/h18,21-22,25-26,29-34H,7-17,19-20,23-24,27-28H2,1-6H3. The van der Waals surface area contributed by atoms with Crippen molar-refractivity contribution >= 4 is 17.5 Å². The van der Waals surface area contributed by atoms with E-state index in [1.807, 2.05) is 0 Å². The summed E-state index contributed by atoms with van der Waals surface area (Å²) in [5, 5.41) is 0. The highest BCUT2D eigenvalue weighted by Gasteiger charge is 2.14. The zero-order valence-corrected chi connectivity index (χ0v) is 29.8. The van der Waals surface area contributed by atoms with Crippen LogP contribution in [0.1, 0.15) is 153 Å². The van der Waals surface area contributed by atoms with Gasteiger partial charge in [0.15, 0.2) is 0 Å². The molecule has 0 spiro atoms. The molecule has 0 amide bonds. The van der Waals surface area contributed by atoms with E-state index in [2.05, 4.69) is 108 Å². The number of aliphatic imine (C=N–C) groups is 1. The second-order valence-corrected chi connectivity index (χ2v) is 13.1. The van der Waals surface area contributed by atoms with E-state index < -0.39 is 0 Å². The topological polar surface area (TPSA) is 12.4 Å². The molecular weight excluding hydrogens is 542 g/mol. The number of nitrogens with zero attached hydrogens (tertiary/aromatic N) is 1. The first-order chi connectivity index (χ1) is 22.0. The van der Waals surface area contributed by atoms with Crippen molar-refractivity contribution in [3.63, 3.8) is 0 Å². The fourth-order valence-electron chi connectivity index (χ4n) is 6.53. The molecule has 0 atom stereocenters. The molecule has 0 aromatic heterocycles. The molecule has 1 heteroatoms. The quantitative estimate of drug-likeness (QED) is 0.0846. The molecule has 0 N–H and O–H groups in total. The summed E-state index contributed by atoms with van der Waals surface area (Å²) in [5.41, 5.74) is 13.7. The Morgan fingerprint density at radius 3 is 1.84 bits per heavy atom. The van der Waals surface area contributed by atoms with Crippen LogP contribution in [0.4, 0.5) is 5.69 Å². The van der Waals surface area contributed by atoms with Gasteiger partial charge in [0.05, 0.1) is 5.69 Å². The van der Waals surface area contributed by atoms with Gasteiger partial charge in [-0.25, -0.2) is 0 Å². The van der Waals surface area contributed by atoms with Crippen molar-refractivity contribution in [3.8, 4) is 11.1 Å². The number of benzene rings is 3. The summed E-state index contributed by atoms with van der Waals surface area (Å²) in [5.74, 6) is 0. The van der Waals surface area contributed by atoms with Gasteiger partial charge >= 0.3 is 0 Å². The van der Waals surface area contributed by atoms with E-state index in [9.17, 15) is 0 Å². The molecule has 3 aromatic rings. The molecule has 0 heterocycles. The van der Waals surface area contributed by atoms with Crippen molar-refractivity contribution in [3.05, 3.63) is 94.1 Å². The minimum atomic E-state index is 0.921. The smallest absolute Gasteiger partial charge is 0.0642 e. The number of aryl methyl sites for hydroxylation is 3. The van der Waals surface area contributed by atoms with Gasteiger partial charge in [0.2, 0.25) is 0 Å². The molecule has 0 unspecified atom stereocenters. The fraction of sp³-hybridized carbons (Fsp3) is 0.523. The Labute approximate surface area is 277 Å². The van der Waals surface area contributed by atoms with Crippen LogP contribution < -0.4 is 0 Å². The lowest BCUT2D eigenvalue weighted by Crippen LogP contribution is -2.01. The van der Waals surface area contributed by atoms with Crippen LogP contribution in [-0.4, -0.2) is 5.71 Å². The summed E-state index contributed by atoms with van der Waals surface area (Å²) in [7, 11) is 0. The lowest BCUT2D eigenvalue weighted by atomic mass is 9.89. The van der Waals surface area contributed by atoms with E-state index in [1.165, 1.54) is 129 Å². The van der Waals surface area contributed by atoms with Crippen LogP contribution in [0.3, 0.4) is 0 Å². The first-order valence-corrected chi connectivity index (χ1v) is 18.6. The number of allylic oxidation sites excluding steroid dienone is 1. The van der Waals surface area contributed by atoms with Crippen LogP contribution in [0.25, 0.3) is 17.2 Å². The van der Waals surface area contributed by atoms with Crippen LogP contribution in [-0.2, 0) is 25.7 Å². The van der Waals surface area contributed by atoms with Crippen LogP contribution >= 0.6 is 0 Å². The molecular formula is C44H63N. The average molecular weight is 606 g/mol. The SMILES string of the molecule is CCCCCCc1ccc(C=C(C)C(CC)=Nc2cc(CCCC)c(CCCC)c(-c3ccccc3)c2)cc1CCCCCC. The van der Waals surface area contributed by atoms with Gasteiger partial charge in [-0.05, 0) is 121 Å². The first kappa shape index (κ1) is 36.5. The number of hydrogen-bond acceptors (Lipinski definition) is 1. The summed E-state index contributed by atoms with van der Waals surface area (Å²) in [6.07, 6.45) is 23.4. The monoisotopic (exact) mass is 605 g/mol. The van der Waals surface area contributed by atoms with E-state index in [4.69, 9.17) is 4.99 Å². The van der Waals surface area contributed by atoms with Gasteiger partial charge in [-0.2, -0.15) is 0 Å². The molecule has 0 saturated carbocycles. The lowest BCUT2D eigenvalue weighted by Gasteiger charge is -2.17. The normalized spacial score (nSPS) is 12.2. The second kappa shape index (κ2) is 21.0. The summed E-state index contributed by atoms with van der Waals surface area (Å²) >= 11 is 0. The van der Waals surface area contributed by atoms with Crippen molar-refractivity contribution in [2.24, 2.45) is 4.99 Å². The molecule has 244 valence electrons. The molecule has 0 aliphatic rings.